The van der Waals surface area contributed by atoms with Gasteiger partial charge in [0.1, 0.15) is 5.82 Å². The highest BCUT2D eigenvalue weighted by atomic mass is 127. The van der Waals surface area contributed by atoms with Gasteiger partial charge in [0.05, 0.1) is 28.6 Å². The minimum Gasteiger partial charge on any atom is -0.476 e. The molecule has 5 aliphatic rings. The van der Waals surface area contributed by atoms with Crippen molar-refractivity contribution >= 4 is 72.7 Å². The van der Waals surface area contributed by atoms with E-state index in [4.69, 9.17) is 19.8 Å². The van der Waals surface area contributed by atoms with Crippen LogP contribution >= 0.6 is 33.9 Å². The summed E-state index contributed by atoms with van der Waals surface area (Å²) in [6.45, 7) is 13.5. The summed E-state index contributed by atoms with van der Waals surface area (Å²) in [4.78, 5) is 27.0. The van der Waals surface area contributed by atoms with Crippen LogP contribution in [0, 0.1) is 30.1 Å². The number of carboxylic acid groups (broad SMARTS) is 1. The number of hydrogen-bond donors (Lipinski definition) is 2. The molecule has 0 saturated heterocycles. The van der Waals surface area contributed by atoms with Gasteiger partial charge in [-0.15, -0.1) is 10.2 Å². The lowest BCUT2D eigenvalue weighted by Crippen LogP contribution is -2.64. The molecule has 2 atom stereocenters. The van der Waals surface area contributed by atoms with E-state index in [1.54, 1.807) is 11.3 Å². The Labute approximate surface area is 383 Å². The van der Waals surface area contributed by atoms with Crippen molar-refractivity contribution in [2.75, 3.05) is 47.9 Å². The zero-order valence-corrected chi connectivity index (χ0v) is 40.1. The SMILES string of the molecule is Cc1c(Nc2nc3ccccc3s2)nnc2c1CCCN2c1ccc(-c2cnn(CC34CC5(C)CC(C)(C3)CC(OCCN(C)CCCCCCCI)(C5)C4)c2C)c(C(=O)O)n1. The molecule has 2 N–H and O–H groups in total. The maximum absolute atomic E-state index is 13.0. The molecule has 62 heavy (non-hydrogen) atoms. The van der Waals surface area contributed by atoms with Crippen LogP contribution in [0.2, 0.25) is 0 Å². The van der Waals surface area contributed by atoms with Crippen molar-refractivity contribution in [2.24, 2.45) is 16.2 Å². The van der Waals surface area contributed by atoms with Gasteiger partial charge in [-0.1, -0.05) is 79.2 Å². The average molecular weight is 972 g/mol. The molecule has 330 valence electrons. The Morgan fingerprint density at radius 2 is 1.71 bits per heavy atom. The predicted molar refractivity (Wildman–Crippen MR) is 257 cm³/mol. The quantitative estimate of drug-likeness (QED) is 0.0494. The lowest BCUT2D eigenvalue weighted by molar-refractivity contribution is -0.248. The van der Waals surface area contributed by atoms with E-state index < -0.39 is 5.97 Å². The smallest absolute Gasteiger partial charge is 0.355 e. The number of fused-ring (bicyclic) bond motifs is 2. The minimum absolute atomic E-state index is 0.0134. The molecule has 4 bridgehead atoms. The third-order valence-electron chi connectivity index (χ3n) is 14.4. The fourth-order valence-corrected chi connectivity index (χ4v) is 14.2. The van der Waals surface area contributed by atoms with Crippen molar-refractivity contribution < 1.29 is 14.6 Å². The van der Waals surface area contributed by atoms with Crippen molar-refractivity contribution in [1.82, 2.24) is 34.8 Å². The predicted octanol–water partition coefficient (Wildman–Crippen LogP) is 10.9. The fourth-order valence-electron chi connectivity index (χ4n) is 12.8. The molecule has 12 nitrogen and oxygen atoms in total. The molecule has 4 fully saturated rings. The molecule has 0 amide bonds. The number of likely N-dealkylation sites (N-methyl/N-ethyl adjacent to an activating group) is 1. The summed E-state index contributed by atoms with van der Waals surface area (Å²) >= 11 is 4.06. The second-order valence-corrected chi connectivity index (χ2v) is 22.1. The number of para-hydroxylation sites is 1. The van der Waals surface area contributed by atoms with Gasteiger partial charge in [0.15, 0.2) is 22.5 Å². The molecular formula is C48H62IN9O3S. The summed E-state index contributed by atoms with van der Waals surface area (Å²) in [7, 11) is 2.25. The number of halogens is 1. The number of nitrogens with zero attached hydrogens (tertiary/aromatic N) is 8. The topological polar surface area (TPSA) is 134 Å². The number of carboxylic acids is 1. The molecule has 0 radical (unpaired) electrons. The number of hydrogen-bond acceptors (Lipinski definition) is 11. The first-order chi connectivity index (χ1) is 29.8. The van der Waals surface area contributed by atoms with Crippen LogP contribution in [0.15, 0.2) is 42.6 Å². The van der Waals surface area contributed by atoms with Crippen molar-refractivity contribution in [3.63, 3.8) is 0 Å². The van der Waals surface area contributed by atoms with E-state index in [0.29, 0.717) is 29.6 Å². The van der Waals surface area contributed by atoms with Crippen LogP contribution < -0.4 is 10.2 Å². The number of unbranched alkanes of at least 4 members (excludes halogenated alkanes) is 4. The van der Waals surface area contributed by atoms with E-state index in [-0.39, 0.29) is 27.5 Å². The Morgan fingerprint density at radius 1 is 0.935 bits per heavy atom. The van der Waals surface area contributed by atoms with Gasteiger partial charge in [0, 0.05) is 47.6 Å². The number of thiazole rings is 1. The van der Waals surface area contributed by atoms with E-state index in [0.717, 1.165) is 96.1 Å². The van der Waals surface area contributed by atoms with Gasteiger partial charge in [0.25, 0.3) is 0 Å². The zero-order valence-electron chi connectivity index (χ0n) is 37.1. The lowest BCUT2D eigenvalue weighted by Gasteiger charge is -2.69. The molecule has 4 aromatic heterocycles. The van der Waals surface area contributed by atoms with Gasteiger partial charge in [-0.3, -0.25) is 4.68 Å². The number of carbonyl (C=O) groups is 1. The van der Waals surface area contributed by atoms with Gasteiger partial charge in [-0.25, -0.2) is 14.8 Å². The van der Waals surface area contributed by atoms with Gasteiger partial charge < -0.3 is 25.0 Å². The van der Waals surface area contributed by atoms with Crippen molar-refractivity contribution in [1.29, 1.82) is 0 Å². The summed E-state index contributed by atoms with van der Waals surface area (Å²) in [5, 5.41) is 29.1. The van der Waals surface area contributed by atoms with Gasteiger partial charge >= 0.3 is 5.97 Å². The highest BCUT2D eigenvalue weighted by Crippen LogP contribution is 2.72. The van der Waals surface area contributed by atoms with E-state index in [9.17, 15) is 9.90 Å². The van der Waals surface area contributed by atoms with Crippen LogP contribution in [0.3, 0.4) is 0 Å². The number of aromatic nitrogens is 6. The molecular weight excluding hydrogens is 910 g/mol. The van der Waals surface area contributed by atoms with E-state index in [1.165, 1.54) is 55.8 Å². The number of aromatic carboxylic acids is 1. The molecule has 4 saturated carbocycles. The second-order valence-electron chi connectivity index (χ2n) is 20.0. The van der Waals surface area contributed by atoms with Crippen LogP contribution in [0.1, 0.15) is 118 Å². The van der Waals surface area contributed by atoms with E-state index in [2.05, 4.69) is 88.5 Å². The highest BCUT2D eigenvalue weighted by Gasteiger charge is 2.66. The molecule has 4 aliphatic carbocycles. The first kappa shape index (κ1) is 43.5. The van der Waals surface area contributed by atoms with Gasteiger partial charge in [-0.2, -0.15) is 5.10 Å². The number of rotatable bonds is 18. The standard InChI is InChI=1S/C48H62IN9O3S/c1-32-34-14-13-21-57(42(34)55-54-41(32)53-44-51-37-15-9-10-16-38(37)62-44)39-18-17-35(40(52-39)43(59)60)36-24-50-58(33(36)2)31-47-26-45(3)25-46(4,27-47)29-48(28-45,30-47)61-23-22-56(5)20-12-8-6-7-11-19-49/h9-10,15-18,24H,6-8,11-14,19-23,25-31H2,1-5H3,(H,59,60)(H,51,53,54). The van der Waals surface area contributed by atoms with Crippen LogP contribution in [0.4, 0.5) is 22.6 Å². The Hall–Kier alpha value is -3.73. The summed E-state index contributed by atoms with van der Waals surface area (Å²) in [5.41, 5.74) is 5.82. The Morgan fingerprint density at radius 3 is 2.48 bits per heavy atom. The second kappa shape index (κ2) is 17.3. The summed E-state index contributed by atoms with van der Waals surface area (Å²) in [5.74, 6) is 0.866. The third kappa shape index (κ3) is 8.74. The number of benzene rings is 1. The number of pyridine rings is 1. The number of anilines is 4. The Kier molecular flexibility index (Phi) is 12.2. The molecule has 2 unspecified atom stereocenters. The number of nitrogens with one attached hydrogen (secondary N) is 1. The molecule has 0 spiro atoms. The maximum Gasteiger partial charge on any atom is 0.355 e. The third-order valence-corrected chi connectivity index (χ3v) is 16.1. The largest absolute Gasteiger partial charge is 0.476 e. The van der Waals surface area contributed by atoms with E-state index in [1.807, 2.05) is 41.4 Å². The average Bonchev–Trinajstić information content (AvgIpc) is 3.80. The van der Waals surface area contributed by atoms with Gasteiger partial charge in [0.2, 0.25) is 0 Å². The molecule has 5 heterocycles. The molecule has 10 rings (SSSR count). The first-order valence-electron chi connectivity index (χ1n) is 22.7. The lowest BCUT2D eigenvalue weighted by atomic mass is 9.39. The summed E-state index contributed by atoms with van der Waals surface area (Å²) in [6, 6.07) is 11.9. The van der Waals surface area contributed by atoms with Crippen molar-refractivity contribution in [3.8, 4) is 11.1 Å². The van der Waals surface area contributed by atoms with Crippen molar-refractivity contribution in [2.45, 2.75) is 123 Å². The zero-order chi connectivity index (χ0) is 43.3. The maximum atomic E-state index is 13.0. The first-order valence-corrected chi connectivity index (χ1v) is 25.0. The summed E-state index contributed by atoms with van der Waals surface area (Å²) in [6.07, 6.45) is 17.1. The van der Waals surface area contributed by atoms with Crippen molar-refractivity contribution in [3.05, 3.63) is 65.1 Å². The Bertz CT molecular complexity index is 2400. The van der Waals surface area contributed by atoms with Crippen LogP contribution in [0.25, 0.3) is 21.3 Å². The van der Waals surface area contributed by atoms with E-state index >= 15 is 0 Å². The van der Waals surface area contributed by atoms with Gasteiger partial charge in [-0.05, 0) is 137 Å². The van der Waals surface area contributed by atoms with Crippen LogP contribution in [-0.4, -0.2) is 89.2 Å². The Balaban J connectivity index is 0.911. The monoisotopic (exact) mass is 971 g/mol. The molecule has 1 aliphatic heterocycles. The molecule has 1 aromatic carbocycles. The van der Waals surface area contributed by atoms with Crippen LogP contribution in [-0.2, 0) is 17.7 Å². The van der Waals surface area contributed by atoms with Crippen LogP contribution in [0.5, 0.6) is 0 Å². The molecule has 14 heteroatoms. The number of alkyl halides is 1. The highest BCUT2D eigenvalue weighted by molar-refractivity contribution is 14.1. The summed E-state index contributed by atoms with van der Waals surface area (Å²) < 4.78 is 11.6. The normalized spacial score (nSPS) is 25.2. The fraction of sp³-hybridized carbons (Fsp3) is 0.583. The minimum atomic E-state index is -1.07. The molecule has 5 aromatic rings. The number of ether oxygens (including phenoxy) is 1.